The minimum atomic E-state index is -0.822. The number of anilines is 1. The number of amides is 1. The van der Waals surface area contributed by atoms with Gasteiger partial charge in [-0.1, -0.05) is 18.2 Å². The molecule has 1 aliphatic carbocycles. The van der Waals surface area contributed by atoms with E-state index in [1.54, 1.807) is 18.7 Å². The molecule has 0 radical (unpaired) electrons. The number of hydrogen-bond donors (Lipinski definition) is 1. The first-order valence-electron chi connectivity index (χ1n) is 9.46. The molecular formula is C20H25N3O3S. The van der Waals surface area contributed by atoms with Crippen molar-refractivity contribution in [2.24, 2.45) is 5.92 Å². The van der Waals surface area contributed by atoms with Gasteiger partial charge in [0, 0.05) is 24.7 Å². The fraction of sp³-hybridized carbons (Fsp3) is 0.550. The predicted molar refractivity (Wildman–Crippen MR) is 105 cm³/mol. The molecule has 1 aromatic carbocycles. The van der Waals surface area contributed by atoms with E-state index in [2.05, 4.69) is 5.32 Å². The number of carbonyl (C=O) groups is 2. The van der Waals surface area contributed by atoms with Crippen LogP contribution in [0.4, 0.5) is 5.69 Å². The van der Waals surface area contributed by atoms with Crippen LogP contribution in [0.3, 0.4) is 0 Å². The van der Waals surface area contributed by atoms with Gasteiger partial charge in [0.25, 0.3) is 0 Å². The lowest BCUT2D eigenvalue weighted by molar-refractivity contribution is -0.146. The summed E-state index contributed by atoms with van der Waals surface area (Å²) in [7, 11) is 0. The average Bonchev–Trinajstić information content (AvgIpc) is 3.46. The van der Waals surface area contributed by atoms with Crippen molar-refractivity contribution in [3.63, 3.8) is 0 Å². The molecule has 3 rings (SSSR count). The van der Waals surface area contributed by atoms with Gasteiger partial charge in [0.05, 0.1) is 23.3 Å². The summed E-state index contributed by atoms with van der Waals surface area (Å²) >= 11 is 1.59. The van der Waals surface area contributed by atoms with Crippen LogP contribution < -0.4 is 5.32 Å². The van der Waals surface area contributed by atoms with E-state index >= 15 is 0 Å². The third-order valence-corrected chi connectivity index (χ3v) is 6.28. The van der Waals surface area contributed by atoms with Gasteiger partial charge in [-0.05, 0) is 38.3 Å². The standard InChI is InChI=1S/C20H25N3O3S/c1-2-26-20(25)14(13-21)12-18-23(16-8-9-16)19(24)17(27-18)10-11-22-15-6-4-3-5-7-15/h3-7,14,16-18,22H,2,8-12H2,1H3. The van der Waals surface area contributed by atoms with Crippen molar-refractivity contribution in [1.82, 2.24) is 4.90 Å². The van der Waals surface area contributed by atoms with Crippen LogP contribution >= 0.6 is 11.8 Å². The minimum Gasteiger partial charge on any atom is -0.465 e. The summed E-state index contributed by atoms with van der Waals surface area (Å²) in [5, 5.41) is 12.4. The number of thioether (sulfide) groups is 1. The van der Waals surface area contributed by atoms with Crippen molar-refractivity contribution >= 4 is 29.3 Å². The summed E-state index contributed by atoms with van der Waals surface area (Å²) < 4.78 is 5.00. The maximum Gasteiger partial charge on any atom is 0.323 e. The molecule has 6 nitrogen and oxygen atoms in total. The minimum absolute atomic E-state index is 0.124. The quantitative estimate of drug-likeness (QED) is 0.656. The lowest BCUT2D eigenvalue weighted by Gasteiger charge is -2.24. The number of hydrogen-bond acceptors (Lipinski definition) is 6. The highest BCUT2D eigenvalue weighted by atomic mass is 32.2. The Balaban J connectivity index is 1.58. The van der Waals surface area contributed by atoms with Gasteiger partial charge in [-0.25, -0.2) is 0 Å². The zero-order chi connectivity index (χ0) is 19.2. The molecule has 3 atom stereocenters. The maximum atomic E-state index is 12.9. The molecule has 2 fully saturated rings. The van der Waals surface area contributed by atoms with E-state index in [9.17, 15) is 14.9 Å². The van der Waals surface area contributed by atoms with Crippen LogP contribution in [0.25, 0.3) is 0 Å². The second-order valence-corrected chi connectivity index (χ2v) is 8.19. The number of benzene rings is 1. The number of esters is 1. The van der Waals surface area contributed by atoms with Crippen molar-refractivity contribution < 1.29 is 14.3 Å². The molecule has 144 valence electrons. The van der Waals surface area contributed by atoms with E-state index in [4.69, 9.17) is 4.74 Å². The van der Waals surface area contributed by atoms with E-state index in [1.165, 1.54) is 0 Å². The lowest BCUT2D eigenvalue weighted by atomic mass is 10.1. The third kappa shape index (κ3) is 4.95. The van der Waals surface area contributed by atoms with Crippen molar-refractivity contribution in [3.8, 4) is 6.07 Å². The van der Waals surface area contributed by atoms with Crippen LogP contribution in [0.1, 0.15) is 32.6 Å². The van der Waals surface area contributed by atoms with Crippen molar-refractivity contribution in [2.45, 2.75) is 49.3 Å². The summed E-state index contributed by atoms with van der Waals surface area (Å²) in [6.07, 6.45) is 3.07. The Labute approximate surface area is 164 Å². The molecular weight excluding hydrogens is 362 g/mol. The summed E-state index contributed by atoms with van der Waals surface area (Å²) in [6.45, 7) is 2.69. The van der Waals surface area contributed by atoms with Gasteiger partial charge in [0.15, 0.2) is 0 Å². The summed E-state index contributed by atoms with van der Waals surface area (Å²) in [4.78, 5) is 26.8. The molecule has 1 amide bonds. The van der Waals surface area contributed by atoms with E-state index in [-0.39, 0.29) is 29.2 Å². The van der Waals surface area contributed by atoms with Crippen molar-refractivity contribution in [3.05, 3.63) is 30.3 Å². The number of para-hydroxylation sites is 1. The van der Waals surface area contributed by atoms with E-state index < -0.39 is 11.9 Å². The molecule has 0 bridgehead atoms. The molecule has 2 aliphatic rings. The summed E-state index contributed by atoms with van der Waals surface area (Å²) in [5.74, 6) is -1.17. The van der Waals surface area contributed by atoms with Crippen molar-refractivity contribution in [2.75, 3.05) is 18.5 Å². The number of nitrogens with one attached hydrogen (secondary N) is 1. The Morgan fingerprint density at radius 1 is 1.41 bits per heavy atom. The first kappa shape index (κ1) is 19.6. The molecule has 0 aromatic heterocycles. The van der Waals surface area contributed by atoms with Gasteiger partial charge in [-0.2, -0.15) is 5.26 Å². The van der Waals surface area contributed by atoms with Gasteiger partial charge < -0.3 is 15.0 Å². The Bertz CT molecular complexity index is 702. The normalized spacial score (nSPS) is 23.0. The SMILES string of the molecule is CCOC(=O)C(C#N)CC1SC(CCNc2ccccc2)C(=O)N1C1CC1. The molecule has 7 heteroatoms. The molecule has 1 N–H and O–H groups in total. The van der Waals surface area contributed by atoms with Gasteiger partial charge in [0.2, 0.25) is 5.91 Å². The predicted octanol–water partition coefficient (Wildman–Crippen LogP) is 3.01. The highest BCUT2D eigenvalue weighted by Gasteiger charge is 2.47. The maximum absolute atomic E-state index is 12.9. The Morgan fingerprint density at radius 3 is 2.78 bits per heavy atom. The largest absolute Gasteiger partial charge is 0.465 e. The Kier molecular flexibility index (Phi) is 6.62. The Hall–Kier alpha value is -2.20. The van der Waals surface area contributed by atoms with Crippen LogP contribution in [0.5, 0.6) is 0 Å². The monoisotopic (exact) mass is 387 g/mol. The van der Waals surface area contributed by atoms with Crippen LogP contribution in [0.2, 0.25) is 0 Å². The highest BCUT2D eigenvalue weighted by molar-refractivity contribution is 8.01. The molecule has 27 heavy (non-hydrogen) atoms. The first-order valence-corrected chi connectivity index (χ1v) is 10.4. The number of nitrogens with zero attached hydrogens (tertiary/aromatic N) is 2. The molecule has 1 aromatic rings. The van der Waals surface area contributed by atoms with Crippen LogP contribution in [-0.4, -0.2) is 46.6 Å². The Morgan fingerprint density at radius 2 is 2.15 bits per heavy atom. The number of carbonyl (C=O) groups excluding carboxylic acids is 2. The van der Waals surface area contributed by atoms with E-state index in [0.29, 0.717) is 13.0 Å². The summed E-state index contributed by atoms with van der Waals surface area (Å²) in [6, 6.07) is 12.2. The van der Waals surface area contributed by atoms with Gasteiger partial charge in [0.1, 0.15) is 5.92 Å². The zero-order valence-corrected chi connectivity index (χ0v) is 16.3. The van der Waals surface area contributed by atoms with Crippen LogP contribution in [-0.2, 0) is 14.3 Å². The molecule has 0 spiro atoms. The second kappa shape index (κ2) is 9.14. The lowest BCUT2D eigenvalue weighted by Crippen LogP contribution is -2.38. The molecule has 1 saturated heterocycles. The highest BCUT2D eigenvalue weighted by Crippen LogP contribution is 2.43. The van der Waals surface area contributed by atoms with Crippen LogP contribution in [0, 0.1) is 17.2 Å². The zero-order valence-electron chi connectivity index (χ0n) is 15.5. The molecule has 3 unspecified atom stereocenters. The number of nitriles is 1. The summed E-state index contributed by atoms with van der Waals surface area (Å²) in [5.41, 5.74) is 1.04. The fourth-order valence-corrected chi connectivity index (χ4v) is 4.88. The number of rotatable bonds is 9. The second-order valence-electron chi connectivity index (χ2n) is 6.81. The van der Waals surface area contributed by atoms with Gasteiger partial charge >= 0.3 is 5.97 Å². The van der Waals surface area contributed by atoms with E-state index in [1.807, 2.05) is 41.3 Å². The van der Waals surface area contributed by atoms with Gasteiger partial charge in [-0.3, -0.25) is 9.59 Å². The van der Waals surface area contributed by atoms with Gasteiger partial charge in [-0.15, -0.1) is 11.8 Å². The van der Waals surface area contributed by atoms with E-state index in [0.717, 1.165) is 24.9 Å². The topological polar surface area (TPSA) is 82.4 Å². The van der Waals surface area contributed by atoms with Crippen LogP contribution in [0.15, 0.2) is 30.3 Å². The first-order chi connectivity index (χ1) is 13.1. The third-order valence-electron chi connectivity index (χ3n) is 4.78. The fourth-order valence-electron chi connectivity index (χ4n) is 3.30. The average molecular weight is 388 g/mol. The van der Waals surface area contributed by atoms with Crippen molar-refractivity contribution in [1.29, 1.82) is 5.26 Å². The smallest absolute Gasteiger partial charge is 0.323 e. The number of ether oxygens (including phenoxy) is 1. The molecule has 1 saturated carbocycles. The molecule has 1 heterocycles. The molecule has 1 aliphatic heterocycles.